The Morgan fingerprint density at radius 1 is 0.941 bits per heavy atom. The average molecular weight is 516 g/mol. The number of anilines is 1. The number of nitrogens with zero attached hydrogens (tertiary/aromatic N) is 1. The number of benzene rings is 3. The Morgan fingerprint density at radius 3 is 2.24 bits per heavy atom. The fourth-order valence-corrected chi connectivity index (χ4v) is 7.19. The van der Waals surface area contributed by atoms with Crippen molar-refractivity contribution in [3.05, 3.63) is 101 Å². The van der Waals surface area contributed by atoms with Crippen molar-refractivity contribution >= 4 is 39.4 Å². The van der Waals surface area contributed by atoms with E-state index < -0.39 is 22.1 Å². The van der Waals surface area contributed by atoms with Crippen LogP contribution in [0.2, 0.25) is 0 Å². The third-order valence-electron chi connectivity index (χ3n) is 7.29. The normalized spacial score (nSPS) is 26.2. The second-order valence-corrected chi connectivity index (χ2v) is 10.3. The summed E-state index contributed by atoms with van der Waals surface area (Å²) in [6, 6.07) is 22.7. The van der Waals surface area contributed by atoms with Crippen molar-refractivity contribution in [2.45, 2.75) is 23.6 Å². The molecule has 3 aromatic rings. The molecule has 2 atom stereocenters. The van der Waals surface area contributed by atoms with Crippen LogP contribution in [0.1, 0.15) is 51.9 Å². The number of rotatable bonds is 4. The number of amides is 2. The summed E-state index contributed by atoms with van der Waals surface area (Å²) in [6.45, 7) is 2.24. The zero-order valence-electron chi connectivity index (χ0n) is 18.5. The lowest BCUT2D eigenvalue weighted by Gasteiger charge is -2.51. The fourth-order valence-electron chi connectivity index (χ4n) is 5.98. The minimum atomic E-state index is -0.793. The van der Waals surface area contributed by atoms with Crippen molar-refractivity contribution in [2.75, 3.05) is 11.5 Å². The van der Waals surface area contributed by atoms with Crippen LogP contribution in [-0.2, 0) is 18.7 Å². The molecule has 7 rings (SSSR count). The second kappa shape index (κ2) is 7.64. The van der Waals surface area contributed by atoms with Crippen LogP contribution in [-0.4, -0.2) is 24.4 Å². The van der Waals surface area contributed by atoms with Gasteiger partial charge in [-0.05, 0) is 46.9 Å². The summed E-state index contributed by atoms with van der Waals surface area (Å²) in [5, 5.41) is 0. The Morgan fingerprint density at radius 2 is 1.59 bits per heavy atom. The largest absolute Gasteiger partial charge is 0.462 e. The summed E-state index contributed by atoms with van der Waals surface area (Å²) < 4.78 is 4.46. The van der Waals surface area contributed by atoms with E-state index in [0.29, 0.717) is 24.3 Å². The van der Waals surface area contributed by atoms with Crippen molar-refractivity contribution < 1.29 is 19.1 Å². The summed E-state index contributed by atoms with van der Waals surface area (Å²) in [5.74, 6) is -2.24. The van der Waals surface area contributed by atoms with Crippen molar-refractivity contribution in [1.82, 2.24) is 0 Å². The summed E-state index contributed by atoms with van der Waals surface area (Å²) in [7, 11) is 0. The molecule has 2 bridgehead atoms. The number of hydrogen-bond acceptors (Lipinski definition) is 4. The lowest BCUT2D eigenvalue weighted by Crippen LogP contribution is -2.50. The molecule has 170 valence electrons. The highest BCUT2D eigenvalue weighted by Crippen LogP contribution is 2.66. The van der Waals surface area contributed by atoms with E-state index in [0.717, 1.165) is 22.3 Å². The van der Waals surface area contributed by atoms with Gasteiger partial charge in [0.05, 0.1) is 34.0 Å². The molecular weight excluding hydrogens is 494 g/mol. The van der Waals surface area contributed by atoms with E-state index in [1.165, 1.54) is 4.90 Å². The van der Waals surface area contributed by atoms with Crippen molar-refractivity contribution in [2.24, 2.45) is 11.8 Å². The van der Waals surface area contributed by atoms with Gasteiger partial charge >= 0.3 is 5.97 Å². The van der Waals surface area contributed by atoms with E-state index in [9.17, 15) is 14.4 Å². The molecule has 5 nitrogen and oxygen atoms in total. The Hall–Kier alpha value is -3.25. The predicted molar refractivity (Wildman–Crippen MR) is 131 cm³/mol. The van der Waals surface area contributed by atoms with Gasteiger partial charge in [0.25, 0.3) is 0 Å². The predicted octanol–water partition coefficient (Wildman–Crippen LogP) is 5.16. The van der Waals surface area contributed by atoms with Gasteiger partial charge in [-0.2, -0.15) is 0 Å². The van der Waals surface area contributed by atoms with Crippen LogP contribution in [0.5, 0.6) is 0 Å². The van der Waals surface area contributed by atoms with Gasteiger partial charge < -0.3 is 4.74 Å². The number of esters is 1. The molecule has 0 saturated carbocycles. The molecule has 6 heteroatoms. The smallest absolute Gasteiger partial charge is 0.338 e. The van der Waals surface area contributed by atoms with Gasteiger partial charge in [-0.1, -0.05) is 77.5 Å². The molecule has 4 aliphatic rings. The standard InChI is InChI=1S/C28H22BrNO4/c1-2-14-34-27(33)16-8-7-9-17(15-16)30-25(31)23-22-18-10-3-5-12-20(18)28(29,24(23)26(30)32)21-13-6-4-11-19(21)22/h3-13,15,22-24H,2,14H2,1H3/t22?,23-,24+,28?/m0/s1. The van der Waals surface area contributed by atoms with Crippen LogP contribution < -0.4 is 4.90 Å². The monoisotopic (exact) mass is 515 g/mol. The van der Waals surface area contributed by atoms with E-state index in [1.807, 2.05) is 43.3 Å². The molecule has 34 heavy (non-hydrogen) atoms. The average Bonchev–Trinajstić information content (AvgIpc) is 3.14. The fraction of sp³-hybridized carbons (Fsp3) is 0.250. The number of carbonyl (C=O) groups excluding carboxylic acids is 3. The third-order valence-corrected chi connectivity index (χ3v) is 8.64. The first-order valence-electron chi connectivity index (χ1n) is 11.5. The van der Waals surface area contributed by atoms with Crippen LogP contribution >= 0.6 is 15.9 Å². The minimum absolute atomic E-state index is 0.198. The quantitative estimate of drug-likeness (QED) is 0.273. The Kier molecular flexibility index (Phi) is 4.78. The number of imide groups is 1. The van der Waals surface area contributed by atoms with Crippen LogP contribution in [0.4, 0.5) is 5.69 Å². The van der Waals surface area contributed by atoms with Gasteiger partial charge in [0.2, 0.25) is 11.8 Å². The highest BCUT2D eigenvalue weighted by molar-refractivity contribution is 9.09. The molecular formula is C28H22BrNO4. The SMILES string of the molecule is CCCOC(=O)c1cccc(N2C(=O)[C@H]3C4c5ccccc5C(Br)(c5ccccc54)[C@H]3C2=O)c1. The number of halogens is 1. The molecule has 1 aliphatic heterocycles. The summed E-state index contributed by atoms with van der Waals surface area (Å²) in [6.07, 6.45) is 0.716. The van der Waals surface area contributed by atoms with E-state index in [1.54, 1.807) is 24.3 Å². The molecule has 0 aromatic heterocycles. The molecule has 2 amide bonds. The van der Waals surface area contributed by atoms with Crippen LogP contribution in [0.3, 0.4) is 0 Å². The van der Waals surface area contributed by atoms with Gasteiger partial charge in [-0.3, -0.25) is 9.59 Å². The summed E-state index contributed by atoms with van der Waals surface area (Å²) in [5.41, 5.74) is 4.97. The lowest BCUT2D eigenvalue weighted by atomic mass is 9.55. The number of hydrogen-bond donors (Lipinski definition) is 0. The van der Waals surface area contributed by atoms with Crippen LogP contribution in [0.25, 0.3) is 0 Å². The maximum Gasteiger partial charge on any atom is 0.338 e. The first kappa shape index (κ1) is 21.3. The topological polar surface area (TPSA) is 63.7 Å². The van der Waals surface area contributed by atoms with Crippen LogP contribution in [0.15, 0.2) is 72.8 Å². The van der Waals surface area contributed by atoms with Crippen LogP contribution in [0, 0.1) is 11.8 Å². The van der Waals surface area contributed by atoms with Crippen molar-refractivity contribution in [3.8, 4) is 0 Å². The molecule has 1 heterocycles. The molecule has 0 unspecified atom stereocenters. The minimum Gasteiger partial charge on any atom is -0.462 e. The van der Waals surface area contributed by atoms with Crippen molar-refractivity contribution in [1.29, 1.82) is 0 Å². The third kappa shape index (κ3) is 2.69. The van der Waals surface area contributed by atoms with Gasteiger partial charge in [0.15, 0.2) is 0 Å². The maximum absolute atomic E-state index is 14.0. The Labute approximate surface area is 205 Å². The molecule has 3 aliphatic carbocycles. The van der Waals surface area contributed by atoms with Gasteiger partial charge in [-0.25, -0.2) is 9.69 Å². The Bertz CT molecular complexity index is 1320. The molecule has 0 N–H and O–H groups in total. The van der Waals surface area contributed by atoms with Gasteiger partial charge in [0, 0.05) is 5.92 Å². The Balaban J connectivity index is 1.48. The van der Waals surface area contributed by atoms with E-state index in [2.05, 4.69) is 28.1 Å². The molecule has 3 aromatic carbocycles. The number of carbonyl (C=O) groups is 3. The second-order valence-electron chi connectivity index (χ2n) is 9.07. The van der Waals surface area contributed by atoms with E-state index >= 15 is 0 Å². The van der Waals surface area contributed by atoms with Gasteiger partial charge in [0.1, 0.15) is 0 Å². The van der Waals surface area contributed by atoms with Crippen molar-refractivity contribution in [3.63, 3.8) is 0 Å². The molecule has 0 spiro atoms. The summed E-state index contributed by atoms with van der Waals surface area (Å²) >= 11 is 4.00. The zero-order chi connectivity index (χ0) is 23.6. The number of ether oxygens (including phenoxy) is 1. The first-order chi connectivity index (χ1) is 16.5. The number of alkyl halides is 1. The zero-order valence-corrected chi connectivity index (χ0v) is 20.1. The van der Waals surface area contributed by atoms with E-state index in [4.69, 9.17) is 4.74 Å². The maximum atomic E-state index is 14.0. The molecule has 0 radical (unpaired) electrons. The lowest BCUT2D eigenvalue weighted by molar-refractivity contribution is -0.122. The molecule has 1 fully saturated rings. The highest BCUT2D eigenvalue weighted by Gasteiger charge is 2.67. The first-order valence-corrected chi connectivity index (χ1v) is 12.3. The van der Waals surface area contributed by atoms with Gasteiger partial charge in [-0.15, -0.1) is 0 Å². The molecule has 1 saturated heterocycles. The van der Waals surface area contributed by atoms with E-state index in [-0.39, 0.29) is 17.7 Å². The highest BCUT2D eigenvalue weighted by atomic mass is 79.9. The summed E-state index contributed by atoms with van der Waals surface area (Å²) in [4.78, 5) is 41.6.